The molecule has 0 aromatic heterocycles. The van der Waals surface area contributed by atoms with E-state index in [1.165, 1.54) is 0 Å². The predicted octanol–water partition coefficient (Wildman–Crippen LogP) is 3.23. The largest absolute Gasteiger partial charge is 0.497 e. The SMILES string of the molecule is CC=NOc1cccc2ccc(OC)cc12. The van der Waals surface area contributed by atoms with Gasteiger partial charge in [0.2, 0.25) is 0 Å². The van der Waals surface area contributed by atoms with E-state index in [1.807, 2.05) is 43.3 Å². The van der Waals surface area contributed by atoms with Crippen LogP contribution in [-0.2, 0) is 0 Å². The van der Waals surface area contributed by atoms with Crippen LogP contribution in [-0.4, -0.2) is 13.3 Å². The zero-order valence-electron chi connectivity index (χ0n) is 9.31. The minimum absolute atomic E-state index is 0.731. The number of rotatable bonds is 3. The Kier molecular flexibility index (Phi) is 3.05. The van der Waals surface area contributed by atoms with Gasteiger partial charge in [-0.2, -0.15) is 0 Å². The van der Waals surface area contributed by atoms with Crippen molar-refractivity contribution in [2.45, 2.75) is 6.92 Å². The van der Waals surface area contributed by atoms with E-state index >= 15 is 0 Å². The van der Waals surface area contributed by atoms with Gasteiger partial charge in [-0.05, 0) is 30.5 Å². The van der Waals surface area contributed by atoms with Crippen LogP contribution in [0.3, 0.4) is 0 Å². The Morgan fingerprint density at radius 2 is 2.06 bits per heavy atom. The van der Waals surface area contributed by atoms with E-state index in [9.17, 15) is 0 Å². The minimum atomic E-state index is 0.731. The second kappa shape index (κ2) is 4.66. The number of ether oxygens (including phenoxy) is 1. The van der Waals surface area contributed by atoms with Gasteiger partial charge in [-0.1, -0.05) is 23.4 Å². The van der Waals surface area contributed by atoms with Gasteiger partial charge in [0.05, 0.1) is 7.11 Å². The molecule has 0 saturated heterocycles. The molecule has 2 rings (SSSR count). The summed E-state index contributed by atoms with van der Waals surface area (Å²) in [7, 11) is 1.65. The summed E-state index contributed by atoms with van der Waals surface area (Å²) in [5.74, 6) is 1.54. The van der Waals surface area contributed by atoms with E-state index in [4.69, 9.17) is 9.57 Å². The van der Waals surface area contributed by atoms with Crippen molar-refractivity contribution in [1.82, 2.24) is 0 Å². The average Bonchev–Trinajstić information content (AvgIpc) is 2.35. The lowest BCUT2D eigenvalue weighted by atomic mass is 10.1. The highest BCUT2D eigenvalue weighted by molar-refractivity contribution is 5.89. The number of benzene rings is 2. The molecule has 0 aliphatic heterocycles. The van der Waals surface area contributed by atoms with Gasteiger partial charge in [-0.3, -0.25) is 0 Å². The van der Waals surface area contributed by atoms with Crippen LogP contribution in [0, 0.1) is 0 Å². The Hall–Kier alpha value is -2.03. The van der Waals surface area contributed by atoms with E-state index in [-0.39, 0.29) is 0 Å². The van der Waals surface area contributed by atoms with Crippen LogP contribution in [0.2, 0.25) is 0 Å². The number of hydrogen-bond acceptors (Lipinski definition) is 3. The van der Waals surface area contributed by atoms with E-state index in [2.05, 4.69) is 5.16 Å². The molecule has 0 atom stereocenters. The van der Waals surface area contributed by atoms with Crippen LogP contribution in [0.4, 0.5) is 0 Å². The summed E-state index contributed by atoms with van der Waals surface area (Å²) < 4.78 is 5.19. The molecule has 3 heteroatoms. The third kappa shape index (κ3) is 1.98. The Morgan fingerprint density at radius 1 is 1.19 bits per heavy atom. The molecule has 0 aliphatic rings. The van der Waals surface area contributed by atoms with Crippen molar-refractivity contribution in [3.8, 4) is 11.5 Å². The third-order valence-electron chi connectivity index (χ3n) is 2.31. The highest BCUT2D eigenvalue weighted by atomic mass is 16.6. The summed E-state index contributed by atoms with van der Waals surface area (Å²) in [5.41, 5.74) is 0. The van der Waals surface area contributed by atoms with Crippen LogP contribution in [0.15, 0.2) is 41.6 Å². The van der Waals surface area contributed by atoms with Crippen LogP contribution in [0.1, 0.15) is 6.92 Å². The normalized spacial score (nSPS) is 10.9. The monoisotopic (exact) mass is 215 g/mol. The maximum absolute atomic E-state index is 5.28. The van der Waals surface area contributed by atoms with Crippen molar-refractivity contribution in [2.24, 2.45) is 5.16 Å². The van der Waals surface area contributed by atoms with Crippen LogP contribution >= 0.6 is 0 Å². The van der Waals surface area contributed by atoms with E-state index < -0.39 is 0 Å². The molecule has 0 unspecified atom stereocenters. The number of oxime groups is 1. The lowest BCUT2D eigenvalue weighted by Gasteiger charge is -2.06. The summed E-state index contributed by atoms with van der Waals surface area (Å²) in [6, 6.07) is 11.7. The zero-order chi connectivity index (χ0) is 11.4. The number of methoxy groups -OCH3 is 1. The van der Waals surface area contributed by atoms with Crippen LogP contribution in [0.5, 0.6) is 11.5 Å². The molecule has 2 aromatic rings. The molecule has 0 aliphatic carbocycles. The summed E-state index contributed by atoms with van der Waals surface area (Å²) in [6.45, 7) is 1.81. The fraction of sp³-hybridized carbons (Fsp3) is 0.154. The molecule has 0 spiro atoms. The minimum Gasteiger partial charge on any atom is -0.497 e. The van der Waals surface area contributed by atoms with Crippen molar-refractivity contribution in [3.63, 3.8) is 0 Å². The van der Waals surface area contributed by atoms with E-state index in [0.29, 0.717) is 0 Å². The first-order valence-electron chi connectivity index (χ1n) is 5.07. The fourth-order valence-electron chi connectivity index (χ4n) is 1.54. The molecule has 2 aromatic carbocycles. The van der Waals surface area contributed by atoms with Crippen molar-refractivity contribution in [1.29, 1.82) is 0 Å². The van der Waals surface area contributed by atoms with Gasteiger partial charge in [0.25, 0.3) is 0 Å². The molecule has 0 amide bonds. The average molecular weight is 215 g/mol. The number of nitrogens with zero attached hydrogens (tertiary/aromatic N) is 1. The number of fused-ring (bicyclic) bond motifs is 1. The Labute approximate surface area is 94.3 Å². The molecule has 16 heavy (non-hydrogen) atoms. The standard InChI is InChI=1S/C13H13NO2/c1-3-14-16-13-6-4-5-10-7-8-11(15-2)9-12(10)13/h3-9H,1-2H3. The van der Waals surface area contributed by atoms with Gasteiger partial charge in [0, 0.05) is 11.6 Å². The molecule has 0 fully saturated rings. The second-order valence-corrected chi connectivity index (χ2v) is 3.30. The van der Waals surface area contributed by atoms with Crippen LogP contribution < -0.4 is 9.57 Å². The van der Waals surface area contributed by atoms with Gasteiger partial charge >= 0.3 is 0 Å². The molecule has 3 nitrogen and oxygen atoms in total. The van der Waals surface area contributed by atoms with Gasteiger partial charge in [-0.15, -0.1) is 0 Å². The topological polar surface area (TPSA) is 30.8 Å². The van der Waals surface area contributed by atoms with Crippen molar-refractivity contribution < 1.29 is 9.57 Å². The molecule has 0 N–H and O–H groups in total. The Balaban J connectivity index is 2.54. The fourth-order valence-corrected chi connectivity index (χ4v) is 1.54. The van der Waals surface area contributed by atoms with Crippen molar-refractivity contribution >= 4 is 17.0 Å². The summed E-state index contributed by atoms with van der Waals surface area (Å²) in [6.07, 6.45) is 1.61. The van der Waals surface area contributed by atoms with Crippen LogP contribution in [0.25, 0.3) is 10.8 Å². The first-order chi connectivity index (χ1) is 7.85. The highest BCUT2D eigenvalue weighted by Crippen LogP contribution is 2.29. The summed E-state index contributed by atoms with van der Waals surface area (Å²) in [5, 5.41) is 5.88. The summed E-state index contributed by atoms with van der Waals surface area (Å²) in [4.78, 5) is 5.28. The first kappa shape index (κ1) is 10.5. The lowest BCUT2D eigenvalue weighted by Crippen LogP contribution is -1.87. The molecule has 0 bridgehead atoms. The molecule has 82 valence electrons. The van der Waals surface area contributed by atoms with E-state index in [0.717, 1.165) is 22.3 Å². The van der Waals surface area contributed by atoms with Gasteiger partial charge in [-0.25, -0.2) is 0 Å². The molecule has 0 saturated carbocycles. The highest BCUT2D eigenvalue weighted by Gasteiger charge is 2.03. The lowest BCUT2D eigenvalue weighted by molar-refractivity contribution is 0.347. The first-order valence-corrected chi connectivity index (χ1v) is 5.07. The third-order valence-corrected chi connectivity index (χ3v) is 2.31. The smallest absolute Gasteiger partial charge is 0.165 e. The van der Waals surface area contributed by atoms with E-state index in [1.54, 1.807) is 13.3 Å². The summed E-state index contributed by atoms with van der Waals surface area (Å²) >= 11 is 0. The zero-order valence-corrected chi connectivity index (χ0v) is 9.31. The molecule has 0 radical (unpaired) electrons. The molecular weight excluding hydrogens is 202 g/mol. The number of hydrogen-bond donors (Lipinski definition) is 0. The molecular formula is C13H13NO2. The maximum atomic E-state index is 5.28. The predicted molar refractivity (Wildman–Crippen MR) is 65.3 cm³/mol. The molecule has 0 heterocycles. The Bertz CT molecular complexity index is 520. The quantitative estimate of drug-likeness (QED) is 0.581. The maximum Gasteiger partial charge on any atom is 0.165 e. The van der Waals surface area contributed by atoms with Crippen molar-refractivity contribution in [2.75, 3.05) is 7.11 Å². The second-order valence-electron chi connectivity index (χ2n) is 3.30. The van der Waals surface area contributed by atoms with Gasteiger partial charge in [0.1, 0.15) is 5.75 Å². The van der Waals surface area contributed by atoms with Gasteiger partial charge < -0.3 is 9.57 Å². The van der Waals surface area contributed by atoms with Gasteiger partial charge in [0.15, 0.2) is 5.75 Å². The van der Waals surface area contributed by atoms with Crippen molar-refractivity contribution in [3.05, 3.63) is 36.4 Å². The Morgan fingerprint density at radius 3 is 2.81 bits per heavy atom.